The Labute approximate surface area is 270 Å². The summed E-state index contributed by atoms with van der Waals surface area (Å²) in [6.45, 7) is 14.3. The summed E-state index contributed by atoms with van der Waals surface area (Å²) in [5.74, 6) is -2.74. The summed E-state index contributed by atoms with van der Waals surface area (Å²) >= 11 is 0. The molecule has 1 atom stereocenters. The third-order valence-corrected chi connectivity index (χ3v) is 8.84. The average Bonchev–Trinajstić information content (AvgIpc) is 3.51. The lowest BCUT2D eigenvalue weighted by atomic mass is 9.89. The fraction of sp³-hybridized carbons (Fsp3) is 0.514. The average molecular weight is 639 g/mol. The van der Waals surface area contributed by atoms with Crippen LogP contribution in [-0.4, -0.2) is 48.3 Å². The van der Waals surface area contributed by atoms with Gasteiger partial charge >= 0.3 is 5.97 Å². The van der Waals surface area contributed by atoms with Crippen molar-refractivity contribution < 1.29 is 32.2 Å². The number of piperidine rings is 1. The number of carbonyl (C=O) groups excluding carboxylic acids is 1. The van der Waals surface area contributed by atoms with Gasteiger partial charge in [0.25, 0.3) is 5.92 Å². The van der Waals surface area contributed by atoms with Gasteiger partial charge in [-0.05, 0) is 96.7 Å². The molecule has 2 aromatic carbocycles. The van der Waals surface area contributed by atoms with Crippen LogP contribution in [0.2, 0.25) is 0 Å². The van der Waals surface area contributed by atoms with Crippen LogP contribution in [0.4, 0.5) is 18.9 Å². The number of nitrogens with zero attached hydrogens (tertiary/aromatic N) is 2. The van der Waals surface area contributed by atoms with Crippen LogP contribution < -0.4 is 9.64 Å². The highest BCUT2D eigenvalue weighted by molar-refractivity contribution is 5.88. The summed E-state index contributed by atoms with van der Waals surface area (Å²) in [6.07, 6.45) is -0.142. The summed E-state index contributed by atoms with van der Waals surface area (Å²) in [7, 11) is 0. The molecule has 2 aliphatic rings. The number of ether oxygens (including phenoxy) is 3. The molecule has 1 aromatic heterocycles. The van der Waals surface area contributed by atoms with Gasteiger partial charge in [-0.15, -0.1) is 0 Å². The first-order valence-electron chi connectivity index (χ1n) is 16.1. The zero-order chi connectivity index (χ0) is 33.4. The van der Waals surface area contributed by atoms with Crippen LogP contribution in [0.3, 0.4) is 0 Å². The molecule has 6 nitrogen and oxygen atoms in total. The van der Waals surface area contributed by atoms with E-state index in [0.29, 0.717) is 56.0 Å². The number of alkyl halides is 2. The molecule has 1 aliphatic heterocycles. The molecule has 0 N–H and O–H groups in total. The fourth-order valence-electron chi connectivity index (χ4n) is 6.44. The lowest BCUT2D eigenvalue weighted by Gasteiger charge is -2.39. The second kappa shape index (κ2) is 12.9. The van der Waals surface area contributed by atoms with Crippen molar-refractivity contribution in [3.05, 3.63) is 76.9 Å². The third kappa shape index (κ3) is 7.35. The monoisotopic (exact) mass is 638 g/mol. The van der Waals surface area contributed by atoms with Crippen molar-refractivity contribution in [1.29, 1.82) is 0 Å². The number of aryl methyl sites for hydroxylation is 2. The minimum atomic E-state index is -2.62. The van der Waals surface area contributed by atoms with Gasteiger partial charge in [-0.1, -0.05) is 24.3 Å². The van der Waals surface area contributed by atoms with Gasteiger partial charge in [-0.25, -0.2) is 18.0 Å². The highest BCUT2D eigenvalue weighted by Gasteiger charge is 2.70. The Morgan fingerprint density at radius 3 is 2.13 bits per heavy atom. The van der Waals surface area contributed by atoms with E-state index in [4.69, 9.17) is 19.2 Å². The van der Waals surface area contributed by atoms with Gasteiger partial charge in [0.1, 0.15) is 11.6 Å². The molecular formula is C37H45F3N2O4. The van der Waals surface area contributed by atoms with Crippen LogP contribution >= 0.6 is 0 Å². The normalized spacial score (nSPS) is 17.7. The van der Waals surface area contributed by atoms with E-state index in [1.54, 1.807) is 26.0 Å². The van der Waals surface area contributed by atoms with E-state index in [0.717, 1.165) is 28.1 Å². The highest BCUT2D eigenvalue weighted by Crippen LogP contribution is 2.66. The number of benzene rings is 2. The van der Waals surface area contributed by atoms with Gasteiger partial charge in [-0.3, -0.25) is 4.98 Å². The first-order valence-corrected chi connectivity index (χ1v) is 16.1. The van der Waals surface area contributed by atoms with Gasteiger partial charge in [0, 0.05) is 53.9 Å². The smallest absolute Gasteiger partial charge is 0.340 e. The summed E-state index contributed by atoms with van der Waals surface area (Å²) in [5.41, 5.74) is 3.77. The Bertz CT molecular complexity index is 1540. The first-order chi connectivity index (χ1) is 21.6. The molecule has 2 fully saturated rings. The lowest BCUT2D eigenvalue weighted by molar-refractivity contribution is -0.171. The van der Waals surface area contributed by atoms with Crippen molar-refractivity contribution in [3.63, 3.8) is 0 Å². The molecule has 9 heteroatoms. The van der Waals surface area contributed by atoms with Crippen LogP contribution in [0, 0.1) is 25.1 Å². The number of carbonyl (C=O) groups is 1. The molecule has 1 saturated carbocycles. The van der Waals surface area contributed by atoms with E-state index < -0.39 is 29.0 Å². The molecule has 46 heavy (non-hydrogen) atoms. The van der Waals surface area contributed by atoms with E-state index in [-0.39, 0.29) is 18.3 Å². The van der Waals surface area contributed by atoms with Crippen molar-refractivity contribution in [2.24, 2.45) is 5.41 Å². The van der Waals surface area contributed by atoms with Gasteiger partial charge in [0.2, 0.25) is 0 Å². The fourth-order valence-corrected chi connectivity index (χ4v) is 6.44. The van der Waals surface area contributed by atoms with Crippen molar-refractivity contribution in [3.8, 4) is 16.9 Å². The number of halogens is 3. The van der Waals surface area contributed by atoms with E-state index in [9.17, 15) is 18.0 Å². The number of aromatic nitrogens is 1. The number of hydrogen-bond acceptors (Lipinski definition) is 6. The maximum Gasteiger partial charge on any atom is 0.340 e. The molecule has 2 heterocycles. The van der Waals surface area contributed by atoms with Crippen LogP contribution in [0.5, 0.6) is 5.75 Å². The number of rotatable bonds is 10. The van der Waals surface area contributed by atoms with Crippen LogP contribution in [0.1, 0.15) is 82.5 Å². The predicted octanol–water partition coefficient (Wildman–Crippen LogP) is 8.56. The largest absolute Gasteiger partial charge is 0.493 e. The van der Waals surface area contributed by atoms with Crippen molar-refractivity contribution in [2.45, 2.75) is 97.9 Å². The molecule has 0 radical (unpaired) electrons. The van der Waals surface area contributed by atoms with Gasteiger partial charge in [0.15, 0.2) is 6.10 Å². The molecule has 0 unspecified atom stereocenters. The van der Waals surface area contributed by atoms with E-state index in [2.05, 4.69) is 4.90 Å². The number of esters is 1. The zero-order valence-electron chi connectivity index (χ0n) is 27.9. The molecule has 1 saturated heterocycles. The number of pyridine rings is 1. The molecule has 0 bridgehead atoms. The lowest BCUT2D eigenvalue weighted by Crippen LogP contribution is -2.39. The molecular weight excluding hydrogens is 593 g/mol. The van der Waals surface area contributed by atoms with Crippen LogP contribution in [0.25, 0.3) is 11.1 Å². The van der Waals surface area contributed by atoms with Gasteiger partial charge in [-0.2, -0.15) is 0 Å². The maximum absolute atomic E-state index is 14.4. The summed E-state index contributed by atoms with van der Waals surface area (Å²) < 4.78 is 60.2. The van der Waals surface area contributed by atoms with Crippen molar-refractivity contribution in [2.75, 3.05) is 24.6 Å². The van der Waals surface area contributed by atoms with Crippen LogP contribution in [-0.2, 0) is 20.7 Å². The second-order valence-electron chi connectivity index (χ2n) is 13.9. The van der Waals surface area contributed by atoms with E-state index in [1.807, 2.05) is 58.9 Å². The topological polar surface area (TPSA) is 60.9 Å². The van der Waals surface area contributed by atoms with E-state index in [1.165, 1.54) is 12.1 Å². The SMILES string of the molecule is Cc1nc(C)c([C@H](OC(C)(C)C)C(=O)OC(C)C)c(N2CCC3(CC2)CC3(F)F)c1-c1ccc(OCCc2ccc(F)cc2)cc1. The summed E-state index contributed by atoms with van der Waals surface area (Å²) in [5, 5.41) is 0. The summed E-state index contributed by atoms with van der Waals surface area (Å²) in [6, 6.07) is 14.0. The second-order valence-corrected chi connectivity index (χ2v) is 13.9. The molecule has 248 valence electrons. The highest BCUT2D eigenvalue weighted by atomic mass is 19.3. The van der Waals surface area contributed by atoms with E-state index >= 15 is 0 Å². The third-order valence-electron chi connectivity index (χ3n) is 8.84. The molecule has 1 spiro atoms. The maximum atomic E-state index is 14.4. The van der Waals surface area contributed by atoms with Gasteiger partial charge in [0.05, 0.1) is 24.0 Å². The zero-order valence-corrected chi connectivity index (χ0v) is 27.9. The Hall–Kier alpha value is -3.59. The molecule has 3 aromatic rings. The summed E-state index contributed by atoms with van der Waals surface area (Å²) in [4.78, 5) is 20.7. The van der Waals surface area contributed by atoms with Crippen molar-refractivity contribution >= 4 is 11.7 Å². The van der Waals surface area contributed by atoms with Crippen molar-refractivity contribution in [1.82, 2.24) is 4.98 Å². The van der Waals surface area contributed by atoms with Gasteiger partial charge < -0.3 is 19.1 Å². The standard InChI is InChI=1S/C37H45F3N2O4/c1-23(2)45-34(43)33(46-35(5,6)7)31-25(4)41-24(3)30(32(31)42-19-17-36(18-20-42)22-37(36,39)40)27-10-14-29(15-11-27)44-21-16-26-8-12-28(38)13-9-26/h8-15,23,33H,16-22H2,1-7H3/t33-/m0/s1. The quantitative estimate of drug-likeness (QED) is 0.208. The minimum absolute atomic E-state index is 0.0684. The molecule has 1 aliphatic carbocycles. The number of anilines is 1. The Kier molecular flexibility index (Phi) is 9.47. The molecule has 0 amide bonds. The Balaban J connectivity index is 1.53. The Morgan fingerprint density at radius 1 is 0.978 bits per heavy atom. The Morgan fingerprint density at radius 2 is 1.59 bits per heavy atom. The minimum Gasteiger partial charge on any atom is -0.493 e. The van der Waals surface area contributed by atoms with Crippen LogP contribution in [0.15, 0.2) is 48.5 Å². The first kappa shape index (κ1) is 33.8. The molecule has 5 rings (SSSR count). The number of hydrogen-bond donors (Lipinski definition) is 0. The predicted molar refractivity (Wildman–Crippen MR) is 173 cm³/mol.